The van der Waals surface area contributed by atoms with Crippen molar-refractivity contribution >= 4 is 27.3 Å². The first-order valence-electron chi connectivity index (χ1n) is 9.81. The van der Waals surface area contributed by atoms with Crippen molar-refractivity contribution in [2.75, 3.05) is 26.2 Å². The van der Waals surface area contributed by atoms with E-state index in [0.717, 1.165) is 49.7 Å². The van der Waals surface area contributed by atoms with Gasteiger partial charge in [-0.2, -0.15) is 4.31 Å². The molecule has 0 radical (unpaired) electrons. The van der Waals surface area contributed by atoms with E-state index in [2.05, 4.69) is 20.2 Å². The van der Waals surface area contributed by atoms with Gasteiger partial charge >= 0.3 is 0 Å². The molecule has 0 spiro atoms. The van der Waals surface area contributed by atoms with Crippen LogP contribution in [0.4, 0.5) is 0 Å². The third-order valence-corrected chi connectivity index (χ3v) is 8.05. The van der Waals surface area contributed by atoms with Crippen molar-refractivity contribution in [1.29, 1.82) is 0 Å². The molecule has 0 bridgehead atoms. The highest BCUT2D eigenvalue weighted by atomic mass is 32.2. The number of guanidine groups is 1. The van der Waals surface area contributed by atoms with Gasteiger partial charge in [-0.25, -0.2) is 13.4 Å². The van der Waals surface area contributed by atoms with Gasteiger partial charge in [0.05, 0.1) is 6.54 Å². The van der Waals surface area contributed by atoms with Crippen LogP contribution in [0.15, 0.2) is 45.9 Å². The molecule has 1 aliphatic heterocycles. The molecule has 154 valence electrons. The fourth-order valence-electron chi connectivity index (χ4n) is 3.14. The van der Waals surface area contributed by atoms with Crippen LogP contribution in [0.1, 0.15) is 31.1 Å². The Bertz CT molecular complexity index is 853. The molecule has 0 saturated carbocycles. The summed E-state index contributed by atoms with van der Waals surface area (Å²) >= 11 is 1.32. The monoisotopic (exact) mass is 423 g/mol. The van der Waals surface area contributed by atoms with Crippen LogP contribution >= 0.6 is 11.3 Å². The first kappa shape index (κ1) is 20.9. The van der Waals surface area contributed by atoms with Crippen molar-refractivity contribution in [3.63, 3.8) is 0 Å². The fraction of sp³-hybridized carbons (Fsp3) is 0.526. The average Bonchev–Trinajstić information content (AvgIpc) is 3.39. The Balaban J connectivity index is 1.58. The second-order valence-corrected chi connectivity index (χ2v) is 10.1. The van der Waals surface area contributed by atoms with Crippen molar-refractivity contribution < 1.29 is 8.42 Å². The van der Waals surface area contributed by atoms with Crippen molar-refractivity contribution in [3.8, 4) is 0 Å². The Hall–Kier alpha value is -1.84. The molecule has 0 unspecified atom stereocenters. The predicted octanol–water partition coefficient (Wildman–Crippen LogP) is 2.48. The lowest BCUT2D eigenvalue weighted by atomic mass is 10.2. The Morgan fingerprint density at radius 1 is 1.14 bits per heavy atom. The van der Waals surface area contributed by atoms with E-state index in [0.29, 0.717) is 23.8 Å². The molecule has 0 aliphatic carbocycles. The van der Waals surface area contributed by atoms with E-state index in [9.17, 15) is 8.42 Å². The van der Waals surface area contributed by atoms with Crippen molar-refractivity contribution in [2.45, 2.75) is 43.5 Å². The normalized spacial score (nSPS) is 16.2. The second-order valence-electron chi connectivity index (χ2n) is 6.73. The zero-order valence-corrected chi connectivity index (χ0v) is 17.9. The highest BCUT2D eigenvalue weighted by Gasteiger charge is 2.27. The summed E-state index contributed by atoms with van der Waals surface area (Å²) in [5.74, 6) is 0.739. The Kier molecular flexibility index (Phi) is 7.52. The summed E-state index contributed by atoms with van der Waals surface area (Å²) in [5, 5.41) is 6.54. The van der Waals surface area contributed by atoms with E-state index in [1.807, 2.05) is 37.5 Å². The number of aliphatic imine (C=N–C) groups is 1. The first-order chi connectivity index (χ1) is 13.6. The molecule has 0 atom stereocenters. The van der Waals surface area contributed by atoms with Gasteiger partial charge in [-0.05, 0) is 44.0 Å². The number of thiophene rings is 1. The zero-order valence-electron chi connectivity index (χ0n) is 16.3. The highest BCUT2D eigenvalue weighted by Crippen LogP contribution is 2.27. The molecule has 2 N–H and O–H groups in total. The van der Waals surface area contributed by atoms with Crippen LogP contribution in [0.25, 0.3) is 0 Å². The first-order valence-corrected chi connectivity index (χ1v) is 12.1. The number of rotatable bonds is 8. The molecule has 2 aromatic heterocycles. The Labute approximate surface area is 171 Å². The lowest BCUT2D eigenvalue weighted by Gasteiger charge is -2.25. The van der Waals surface area contributed by atoms with Crippen LogP contribution in [0.3, 0.4) is 0 Å². The van der Waals surface area contributed by atoms with Gasteiger partial charge in [0.15, 0.2) is 5.96 Å². The number of hydrogen-bond donors (Lipinski definition) is 2. The van der Waals surface area contributed by atoms with E-state index in [4.69, 9.17) is 0 Å². The fourth-order valence-corrected chi connectivity index (χ4v) is 6.09. The van der Waals surface area contributed by atoms with Gasteiger partial charge in [-0.3, -0.25) is 0 Å². The molecule has 1 aliphatic rings. The van der Waals surface area contributed by atoms with E-state index < -0.39 is 10.0 Å². The van der Waals surface area contributed by atoms with E-state index >= 15 is 0 Å². The van der Waals surface area contributed by atoms with E-state index in [1.165, 1.54) is 11.3 Å². The molecule has 3 rings (SSSR count). The SMILES string of the molecule is CCNC(=NCc1ccc(S(=O)(=O)N2CCCCC2)s1)NCCn1cccc1. The third-order valence-electron chi connectivity index (χ3n) is 4.61. The smallest absolute Gasteiger partial charge is 0.252 e. The maximum Gasteiger partial charge on any atom is 0.252 e. The molecule has 9 heteroatoms. The van der Waals surface area contributed by atoms with Crippen LogP contribution < -0.4 is 10.6 Å². The molecule has 2 aromatic rings. The molecule has 0 aromatic carbocycles. The summed E-state index contributed by atoms with van der Waals surface area (Å²) in [7, 11) is -3.36. The molecular formula is C19H29N5O2S2. The molecule has 28 heavy (non-hydrogen) atoms. The van der Waals surface area contributed by atoms with E-state index in [1.54, 1.807) is 10.4 Å². The predicted molar refractivity (Wildman–Crippen MR) is 114 cm³/mol. The average molecular weight is 424 g/mol. The van der Waals surface area contributed by atoms with E-state index in [-0.39, 0.29) is 0 Å². The summed E-state index contributed by atoms with van der Waals surface area (Å²) in [6.45, 7) is 6.13. The molecule has 7 nitrogen and oxygen atoms in total. The largest absolute Gasteiger partial charge is 0.357 e. The third kappa shape index (κ3) is 5.59. The zero-order chi connectivity index (χ0) is 19.8. The summed E-state index contributed by atoms with van der Waals surface area (Å²) in [6, 6.07) is 7.59. The lowest BCUT2D eigenvalue weighted by molar-refractivity contribution is 0.347. The van der Waals surface area contributed by atoms with Crippen molar-refractivity contribution in [1.82, 2.24) is 19.5 Å². The van der Waals surface area contributed by atoms with Gasteiger partial charge in [-0.15, -0.1) is 11.3 Å². The minimum Gasteiger partial charge on any atom is -0.357 e. The molecule has 1 fully saturated rings. The van der Waals surface area contributed by atoms with Crippen LogP contribution in [-0.4, -0.2) is 49.4 Å². The number of piperidine rings is 1. The van der Waals surface area contributed by atoms with Gasteiger partial charge in [0.1, 0.15) is 4.21 Å². The van der Waals surface area contributed by atoms with Crippen molar-refractivity contribution in [3.05, 3.63) is 41.5 Å². The maximum absolute atomic E-state index is 12.8. The van der Waals surface area contributed by atoms with Crippen LogP contribution in [-0.2, 0) is 23.1 Å². The Morgan fingerprint density at radius 2 is 1.89 bits per heavy atom. The van der Waals surface area contributed by atoms with Crippen LogP contribution in [0.5, 0.6) is 0 Å². The summed E-state index contributed by atoms with van der Waals surface area (Å²) in [4.78, 5) is 5.54. The van der Waals surface area contributed by atoms with Gasteiger partial charge in [0, 0.05) is 50.0 Å². The number of nitrogens with zero attached hydrogens (tertiary/aromatic N) is 3. The van der Waals surface area contributed by atoms with Gasteiger partial charge in [0.25, 0.3) is 10.0 Å². The quantitative estimate of drug-likeness (QED) is 0.505. The van der Waals surface area contributed by atoms with Crippen LogP contribution in [0, 0.1) is 0 Å². The minimum atomic E-state index is -3.36. The number of sulfonamides is 1. The Morgan fingerprint density at radius 3 is 2.61 bits per heavy atom. The van der Waals surface area contributed by atoms with Gasteiger partial charge < -0.3 is 15.2 Å². The van der Waals surface area contributed by atoms with Crippen LogP contribution in [0.2, 0.25) is 0 Å². The standard InChI is InChI=1S/C19H29N5O2S2/c1-2-20-19(21-10-15-23-11-6-7-12-23)22-16-17-8-9-18(27-17)28(25,26)24-13-4-3-5-14-24/h6-9,11-12H,2-5,10,13-16H2,1H3,(H2,20,21,22). The van der Waals surface area contributed by atoms with Gasteiger partial charge in [0.2, 0.25) is 0 Å². The molecule has 3 heterocycles. The molecule has 0 amide bonds. The van der Waals surface area contributed by atoms with Gasteiger partial charge in [-0.1, -0.05) is 6.42 Å². The molecular weight excluding hydrogens is 394 g/mol. The molecule has 1 saturated heterocycles. The summed E-state index contributed by atoms with van der Waals surface area (Å²) in [5.41, 5.74) is 0. The summed E-state index contributed by atoms with van der Waals surface area (Å²) < 4.78 is 29.7. The lowest BCUT2D eigenvalue weighted by Crippen LogP contribution is -2.38. The highest BCUT2D eigenvalue weighted by molar-refractivity contribution is 7.91. The number of hydrogen-bond acceptors (Lipinski definition) is 4. The number of aromatic nitrogens is 1. The maximum atomic E-state index is 12.8. The second kappa shape index (κ2) is 10.1. The topological polar surface area (TPSA) is 78.7 Å². The number of nitrogens with one attached hydrogen (secondary N) is 2. The summed E-state index contributed by atoms with van der Waals surface area (Å²) in [6.07, 6.45) is 7.06. The minimum absolute atomic E-state index is 0.421. The van der Waals surface area contributed by atoms with Crippen molar-refractivity contribution in [2.24, 2.45) is 4.99 Å².